The van der Waals surface area contributed by atoms with E-state index >= 15 is 0 Å². The van der Waals surface area contributed by atoms with Gasteiger partial charge in [0, 0.05) is 31.1 Å². The second-order valence-corrected chi connectivity index (χ2v) is 11.4. The number of piperidine rings is 1. The lowest BCUT2D eigenvalue weighted by atomic mass is 9.73. The standard InChI is InChI=1S/C22H27N7O3S/c1-14-19(23)22(13-32-14)6-8-28(9-7-22)17-12-24-18-20(25-17)26-27-21(18)29-10-11-33(30,31)16-5-3-2-4-15(16)29/h2-5,12,14,19H,6-11,13,23H2,1H3,(H,25,26,27)/t14-,19+/m0/s1. The van der Waals surface area contributed by atoms with E-state index in [2.05, 4.69) is 27.0 Å². The molecule has 174 valence electrons. The molecule has 0 amide bonds. The molecular formula is C22H27N7O3S. The highest BCUT2D eigenvalue weighted by Crippen LogP contribution is 2.42. The number of ether oxygens (including phenoxy) is 1. The highest BCUT2D eigenvalue weighted by Gasteiger charge is 2.47. The van der Waals surface area contributed by atoms with Crippen LogP contribution in [0.1, 0.15) is 19.8 Å². The van der Waals surface area contributed by atoms with Gasteiger partial charge in [0.2, 0.25) is 0 Å². The predicted octanol–water partition coefficient (Wildman–Crippen LogP) is 1.61. The summed E-state index contributed by atoms with van der Waals surface area (Å²) in [5, 5.41) is 7.45. The van der Waals surface area contributed by atoms with Crippen molar-refractivity contribution in [3.63, 3.8) is 0 Å². The van der Waals surface area contributed by atoms with Crippen LogP contribution in [0.2, 0.25) is 0 Å². The molecule has 2 atom stereocenters. The smallest absolute Gasteiger partial charge is 0.183 e. The first-order valence-electron chi connectivity index (χ1n) is 11.3. The highest BCUT2D eigenvalue weighted by molar-refractivity contribution is 7.91. The topological polar surface area (TPSA) is 130 Å². The van der Waals surface area contributed by atoms with Crippen molar-refractivity contribution in [1.82, 2.24) is 20.2 Å². The molecule has 2 saturated heterocycles. The van der Waals surface area contributed by atoms with Gasteiger partial charge in [0.05, 0.1) is 35.2 Å². The number of nitrogens with one attached hydrogen (secondary N) is 1. The Morgan fingerprint density at radius 3 is 2.76 bits per heavy atom. The van der Waals surface area contributed by atoms with Gasteiger partial charge in [0.25, 0.3) is 0 Å². The number of aromatic amines is 1. The number of rotatable bonds is 2. The highest BCUT2D eigenvalue weighted by atomic mass is 32.2. The average molecular weight is 470 g/mol. The van der Waals surface area contributed by atoms with E-state index < -0.39 is 9.84 Å². The van der Waals surface area contributed by atoms with Crippen LogP contribution in [0.4, 0.5) is 17.3 Å². The summed E-state index contributed by atoms with van der Waals surface area (Å²) in [5.74, 6) is 1.42. The summed E-state index contributed by atoms with van der Waals surface area (Å²) in [6.45, 7) is 4.80. The van der Waals surface area contributed by atoms with Crippen LogP contribution >= 0.6 is 0 Å². The summed E-state index contributed by atoms with van der Waals surface area (Å²) in [6.07, 6.45) is 3.81. The number of hydrogen-bond acceptors (Lipinski definition) is 9. The Labute approximate surface area is 192 Å². The Kier molecular flexibility index (Phi) is 4.65. The molecule has 2 aromatic heterocycles. The molecule has 1 aromatic carbocycles. The summed E-state index contributed by atoms with van der Waals surface area (Å²) in [5.41, 5.74) is 8.33. The minimum absolute atomic E-state index is 0.0316. The summed E-state index contributed by atoms with van der Waals surface area (Å²) in [6, 6.07) is 7.08. The molecule has 3 N–H and O–H groups in total. The predicted molar refractivity (Wildman–Crippen MR) is 124 cm³/mol. The number of para-hydroxylation sites is 1. The second-order valence-electron chi connectivity index (χ2n) is 9.30. The van der Waals surface area contributed by atoms with Gasteiger partial charge in [0.15, 0.2) is 26.8 Å². The number of anilines is 3. The molecule has 0 aliphatic carbocycles. The van der Waals surface area contributed by atoms with Crippen molar-refractivity contribution in [2.24, 2.45) is 11.1 Å². The van der Waals surface area contributed by atoms with Gasteiger partial charge in [-0.1, -0.05) is 12.1 Å². The Hall–Kier alpha value is -2.76. The number of H-pyrrole nitrogens is 1. The van der Waals surface area contributed by atoms with Crippen molar-refractivity contribution in [3.8, 4) is 0 Å². The van der Waals surface area contributed by atoms with Crippen LogP contribution in [0.25, 0.3) is 11.2 Å². The van der Waals surface area contributed by atoms with Crippen molar-refractivity contribution >= 4 is 38.3 Å². The third kappa shape index (κ3) is 3.21. The van der Waals surface area contributed by atoms with Gasteiger partial charge in [-0.15, -0.1) is 0 Å². The quantitative estimate of drug-likeness (QED) is 0.575. The minimum atomic E-state index is -3.30. The van der Waals surface area contributed by atoms with Crippen molar-refractivity contribution < 1.29 is 13.2 Å². The van der Waals surface area contributed by atoms with Gasteiger partial charge >= 0.3 is 0 Å². The first-order chi connectivity index (χ1) is 15.9. The van der Waals surface area contributed by atoms with Gasteiger partial charge in [-0.05, 0) is 31.9 Å². The third-order valence-electron chi connectivity index (χ3n) is 7.50. The largest absolute Gasteiger partial charge is 0.376 e. The fourth-order valence-corrected chi connectivity index (χ4v) is 6.81. The number of sulfone groups is 1. The monoisotopic (exact) mass is 469 g/mol. The summed E-state index contributed by atoms with van der Waals surface area (Å²) >= 11 is 0. The maximum Gasteiger partial charge on any atom is 0.183 e. The van der Waals surface area contributed by atoms with Crippen LogP contribution in [0.15, 0.2) is 35.4 Å². The third-order valence-corrected chi connectivity index (χ3v) is 9.23. The Bertz CT molecular complexity index is 1320. The molecule has 3 aliphatic rings. The summed E-state index contributed by atoms with van der Waals surface area (Å²) in [7, 11) is -3.30. The molecule has 6 rings (SSSR count). The maximum atomic E-state index is 12.5. The molecule has 0 unspecified atom stereocenters. The van der Waals surface area contributed by atoms with Crippen LogP contribution in [0, 0.1) is 5.41 Å². The first-order valence-corrected chi connectivity index (χ1v) is 13.0. The Balaban J connectivity index is 1.27. The normalized spacial score (nSPS) is 26.1. The fourth-order valence-electron chi connectivity index (χ4n) is 5.38. The van der Waals surface area contributed by atoms with E-state index in [1.807, 2.05) is 11.0 Å². The number of aromatic nitrogens is 4. The lowest BCUT2D eigenvalue weighted by Gasteiger charge is -2.41. The van der Waals surface area contributed by atoms with Gasteiger partial charge in [-0.3, -0.25) is 5.10 Å². The number of nitrogens with zero attached hydrogens (tertiary/aromatic N) is 5. The van der Waals surface area contributed by atoms with Gasteiger partial charge in [-0.25, -0.2) is 18.4 Å². The van der Waals surface area contributed by atoms with E-state index in [0.717, 1.165) is 38.4 Å². The molecule has 0 radical (unpaired) electrons. The zero-order valence-corrected chi connectivity index (χ0v) is 19.3. The lowest BCUT2D eigenvalue weighted by Crippen LogP contribution is -2.50. The van der Waals surface area contributed by atoms with E-state index in [1.165, 1.54) is 0 Å². The average Bonchev–Trinajstić information content (AvgIpc) is 3.36. The van der Waals surface area contributed by atoms with Crippen LogP contribution in [-0.4, -0.2) is 72.7 Å². The van der Waals surface area contributed by atoms with Crippen molar-refractivity contribution in [2.75, 3.05) is 41.8 Å². The van der Waals surface area contributed by atoms with Crippen molar-refractivity contribution in [3.05, 3.63) is 30.5 Å². The Morgan fingerprint density at radius 2 is 2.00 bits per heavy atom. The second kappa shape index (κ2) is 7.37. The molecular weight excluding hydrogens is 442 g/mol. The maximum absolute atomic E-state index is 12.5. The van der Waals surface area contributed by atoms with E-state index in [9.17, 15) is 8.42 Å². The van der Waals surface area contributed by atoms with Crippen LogP contribution in [-0.2, 0) is 14.6 Å². The minimum Gasteiger partial charge on any atom is -0.376 e. The molecule has 2 fully saturated rings. The van der Waals surface area contributed by atoms with Gasteiger partial charge < -0.3 is 20.3 Å². The molecule has 33 heavy (non-hydrogen) atoms. The van der Waals surface area contributed by atoms with E-state index in [0.29, 0.717) is 34.1 Å². The van der Waals surface area contributed by atoms with Crippen molar-refractivity contribution in [1.29, 1.82) is 0 Å². The molecule has 10 nitrogen and oxygen atoms in total. The molecule has 1 spiro atoms. The summed E-state index contributed by atoms with van der Waals surface area (Å²) in [4.78, 5) is 13.9. The fraction of sp³-hybridized carbons (Fsp3) is 0.500. The lowest BCUT2D eigenvalue weighted by molar-refractivity contribution is 0.0974. The van der Waals surface area contributed by atoms with Crippen LogP contribution in [0.5, 0.6) is 0 Å². The Morgan fingerprint density at radius 1 is 1.21 bits per heavy atom. The number of nitrogens with two attached hydrogens (primary N) is 1. The molecule has 5 heterocycles. The molecule has 3 aromatic rings. The van der Waals surface area contributed by atoms with Gasteiger partial charge in [0.1, 0.15) is 5.82 Å². The van der Waals surface area contributed by atoms with Crippen molar-refractivity contribution in [2.45, 2.75) is 36.8 Å². The first kappa shape index (κ1) is 20.8. The number of fused-ring (bicyclic) bond motifs is 2. The zero-order valence-electron chi connectivity index (χ0n) is 18.4. The van der Waals surface area contributed by atoms with Gasteiger partial charge in [-0.2, -0.15) is 5.10 Å². The van der Waals surface area contributed by atoms with E-state index in [1.54, 1.807) is 24.4 Å². The summed E-state index contributed by atoms with van der Waals surface area (Å²) < 4.78 is 30.8. The zero-order chi connectivity index (χ0) is 22.8. The molecule has 0 saturated carbocycles. The van der Waals surface area contributed by atoms with Crippen LogP contribution < -0.4 is 15.5 Å². The number of benzene rings is 1. The molecule has 0 bridgehead atoms. The number of hydrogen-bond donors (Lipinski definition) is 2. The van der Waals surface area contributed by atoms with E-state index in [-0.39, 0.29) is 23.3 Å². The van der Waals surface area contributed by atoms with Crippen LogP contribution in [0.3, 0.4) is 0 Å². The molecule has 11 heteroatoms. The molecule has 3 aliphatic heterocycles. The van der Waals surface area contributed by atoms with E-state index in [4.69, 9.17) is 15.5 Å². The SMILES string of the molecule is C[C@@H]1OCC2(CCN(c3cnc4c(N5CCS(=O)(=O)c6ccccc65)n[nH]c4n3)CC2)[C@@H]1N.